The molecule has 2 aromatic rings. The first kappa shape index (κ1) is 11.9. The minimum absolute atomic E-state index is 0.122. The van der Waals surface area contributed by atoms with Crippen molar-refractivity contribution in [2.24, 2.45) is 0 Å². The van der Waals surface area contributed by atoms with Crippen LogP contribution in [0, 0.1) is 5.82 Å². The van der Waals surface area contributed by atoms with Gasteiger partial charge >= 0.3 is 0 Å². The second-order valence-corrected chi connectivity index (χ2v) is 3.96. The molecule has 1 aromatic carbocycles. The summed E-state index contributed by atoms with van der Waals surface area (Å²) in [4.78, 5) is 12.0. The molecule has 0 radical (unpaired) electrons. The lowest BCUT2D eigenvalue weighted by Crippen LogP contribution is -2.11. The van der Waals surface area contributed by atoms with Crippen molar-refractivity contribution >= 4 is 11.6 Å². The summed E-state index contributed by atoms with van der Waals surface area (Å²) in [7, 11) is 0. The fraction of sp³-hybridized carbons (Fsp3) is 0.154. The molecule has 0 aliphatic rings. The molecule has 4 heteroatoms. The molecule has 1 aromatic heterocycles. The molecule has 0 bridgehead atoms. The Bertz CT molecular complexity index is 560. The van der Waals surface area contributed by atoms with E-state index in [9.17, 15) is 9.18 Å². The lowest BCUT2D eigenvalue weighted by Gasteiger charge is -2.02. The minimum Gasteiger partial charge on any atom is -0.471 e. The Labute approximate surface area is 103 Å². The third-order valence-corrected chi connectivity index (χ3v) is 2.64. The van der Waals surface area contributed by atoms with Crippen molar-refractivity contribution in [3.05, 3.63) is 58.4 Å². The molecule has 2 rings (SSSR count). The van der Waals surface area contributed by atoms with Gasteiger partial charge in [0.1, 0.15) is 12.1 Å². The van der Waals surface area contributed by atoms with E-state index in [4.69, 9.17) is 16.0 Å². The van der Waals surface area contributed by atoms with Gasteiger partial charge in [-0.15, -0.1) is 11.6 Å². The Morgan fingerprint density at radius 1 is 1.18 bits per heavy atom. The average molecular weight is 253 g/mol. The SMILES string of the molecule is O=c1c(CCCl)cocc1-c1ccc(F)cc1. The predicted octanol–water partition coefficient (Wildman–Crippen LogP) is 3.23. The molecule has 0 aliphatic heterocycles. The Morgan fingerprint density at radius 2 is 1.88 bits per heavy atom. The van der Waals surface area contributed by atoms with Crippen LogP contribution < -0.4 is 5.43 Å². The topological polar surface area (TPSA) is 30.2 Å². The van der Waals surface area contributed by atoms with Crippen molar-refractivity contribution < 1.29 is 8.81 Å². The molecule has 0 N–H and O–H groups in total. The summed E-state index contributed by atoms with van der Waals surface area (Å²) < 4.78 is 17.9. The fourth-order valence-corrected chi connectivity index (χ4v) is 1.77. The van der Waals surface area contributed by atoms with E-state index >= 15 is 0 Å². The van der Waals surface area contributed by atoms with Crippen LogP contribution in [-0.4, -0.2) is 5.88 Å². The summed E-state index contributed by atoms with van der Waals surface area (Å²) in [6.07, 6.45) is 3.23. The van der Waals surface area contributed by atoms with Crippen molar-refractivity contribution in [1.29, 1.82) is 0 Å². The van der Waals surface area contributed by atoms with E-state index in [1.165, 1.54) is 24.7 Å². The molecule has 0 atom stereocenters. The van der Waals surface area contributed by atoms with Crippen molar-refractivity contribution in [2.45, 2.75) is 6.42 Å². The first-order valence-corrected chi connectivity index (χ1v) is 5.67. The van der Waals surface area contributed by atoms with Crippen molar-refractivity contribution in [2.75, 3.05) is 5.88 Å². The molecule has 0 fully saturated rings. The van der Waals surface area contributed by atoms with Gasteiger partial charge in [0.15, 0.2) is 5.43 Å². The van der Waals surface area contributed by atoms with Gasteiger partial charge in [0.2, 0.25) is 0 Å². The van der Waals surface area contributed by atoms with Crippen LogP contribution in [0.25, 0.3) is 11.1 Å². The monoisotopic (exact) mass is 252 g/mol. The molecule has 1 heterocycles. The predicted molar refractivity (Wildman–Crippen MR) is 64.8 cm³/mol. The van der Waals surface area contributed by atoms with E-state index in [1.54, 1.807) is 12.1 Å². The fourth-order valence-electron chi connectivity index (χ4n) is 1.57. The summed E-state index contributed by atoms with van der Waals surface area (Å²) in [5.41, 5.74) is 1.47. The van der Waals surface area contributed by atoms with Gasteiger partial charge < -0.3 is 4.42 Å². The average Bonchev–Trinajstić information content (AvgIpc) is 2.34. The van der Waals surface area contributed by atoms with Crippen LogP contribution in [0.1, 0.15) is 5.56 Å². The number of alkyl halides is 1. The molecule has 0 amide bonds. The standard InChI is InChI=1S/C13H10ClFO2/c14-6-5-10-7-17-8-12(13(10)16)9-1-3-11(15)4-2-9/h1-4,7-8H,5-6H2. The van der Waals surface area contributed by atoms with Gasteiger partial charge in [0.05, 0.1) is 11.8 Å². The normalized spacial score (nSPS) is 10.5. The van der Waals surface area contributed by atoms with Gasteiger partial charge in [0, 0.05) is 11.4 Å². The third kappa shape index (κ3) is 2.56. The number of benzene rings is 1. The van der Waals surface area contributed by atoms with E-state index < -0.39 is 0 Å². The number of aryl methyl sites for hydroxylation is 1. The second kappa shape index (κ2) is 5.15. The van der Waals surface area contributed by atoms with Crippen molar-refractivity contribution in [3.8, 4) is 11.1 Å². The third-order valence-electron chi connectivity index (χ3n) is 2.45. The summed E-state index contributed by atoms with van der Waals surface area (Å²) in [6, 6.07) is 5.71. The largest absolute Gasteiger partial charge is 0.471 e. The first-order valence-electron chi connectivity index (χ1n) is 5.13. The summed E-state index contributed by atoms with van der Waals surface area (Å²) in [5.74, 6) is 0.0208. The highest BCUT2D eigenvalue weighted by atomic mass is 35.5. The Hall–Kier alpha value is -1.61. The summed E-state index contributed by atoms with van der Waals surface area (Å²) >= 11 is 5.60. The van der Waals surface area contributed by atoms with E-state index in [0.717, 1.165) is 0 Å². The van der Waals surface area contributed by atoms with Crippen molar-refractivity contribution in [1.82, 2.24) is 0 Å². The van der Waals surface area contributed by atoms with E-state index in [0.29, 0.717) is 29.0 Å². The van der Waals surface area contributed by atoms with E-state index in [-0.39, 0.29) is 11.2 Å². The molecule has 2 nitrogen and oxygen atoms in total. The van der Waals surface area contributed by atoms with Crippen LogP contribution >= 0.6 is 11.6 Å². The van der Waals surface area contributed by atoms with Crippen LogP contribution in [0.3, 0.4) is 0 Å². The number of hydrogen-bond donors (Lipinski definition) is 0. The van der Waals surface area contributed by atoms with E-state index in [1.807, 2.05) is 0 Å². The number of hydrogen-bond acceptors (Lipinski definition) is 2. The lowest BCUT2D eigenvalue weighted by atomic mass is 10.1. The van der Waals surface area contributed by atoms with Crippen molar-refractivity contribution in [3.63, 3.8) is 0 Å². The van der Waals surface area contributed by atoms with Crippen LogP contribution in [0.5, 0.6) is 0 Å². The molecule has 0 saturated heterocycles. The number of rotatable bonds is 3. The van der Waals surface area contributed by atoms with E-state index in [2.05, 4.69) is 0 Å². The molecule has 88 valence electrons. The lowest BCUT2D eigenvalue weighted by molar-refractivity contribution is 0.543. The zero-order chi connectivity index (χ0) is 12.3. The highest BCUT2D eigenvalue weighted by Crippen LogP contribution is 2.16. The second-order valence-electron chi connectivity index (χ2n) is 3.59. The van der Waals surface area contributed by atoms with Gasteiger partial charge in [-0.1, -0.05) is 12.1 Å². The van der Waals surface area contributed by atoms with Crippen LogP contribution in [0.4, 0.5) is 4.39 Å². The molecule has 17 heavy (non-hydrogen) atoms. The molecule has 0 unspecified atom stereocenters. The quantitative estimate of drug-likeness (QED) is 0.785. The van der Waals surface area contributed by atoms with Gasteiger partial charge in [-0.05, 0) is 24.1 Å². The molecule has 0 saturated carbocycles. The van der Waals surface area contributed by atoms with Crippen LogP contribution in [0.2, 0.25) is 0 Å². The van der Waals surface area contributed by atoms with Crippen LogP contribution in [-0.2, 0) is 6.42 Å². The summed E-state index contributed by atoms with van der Waals surface area (Å²) in [6.45, 7) is 0. The number of halogens is 2. The smallest absolute Gasteiger partial charge is 0.195 e. The van der Waals surface area contributed by atoms with Gasteiger partial charge in [0.25, 0.3) is 0 Å². The maximum absolute atomic E-state index is 12.8. The van der Waals surface area contributed by atoms with Crippen LogP contribution in [0.15, 0.2) is 46.0 Å². The first-order chi connectivity index (χ1) is 8.22. The van der Waals surface area contributed by atoms with Gasteiger partial charge in [-0.3, -0.25) is 4.79 Å². The van der Waals surface area contributed by atoms with Gasteiger partial charge in [-0.25, -0.2) is 4.39 Å². The Morgan fingerprint density at radius 3 is 2.53 bits per heavy atom. The summed E-state index contributed by atoms with van der Waals surface area (Å²) in [5, 5.41) is 0. The Kier molecular flexibility index (Phi) is 3.59. The zero-order valence-electron chi connectivity index (χ0n) is 8.95. The highest BCUT2D eigenvalue weighted by Gasteiger charge is 2.08. The maximum Gasteiger partial charge on any atom is 0.195 e. The molecular weight excluding hydrogens is 243 g/mol. The maximum atomic E-state index is 12.8. The molecular formula is C13H10ClFO2. The zero-order valence-corrected chi connectivity index (χ0v) is 9.71. The van der Waals surface area contributed by atoms with Gasteiger partial charge in [-0.2, -0.15) is 0 Å². The molecule has 0 spiro atoms. The Balaban J connectivity index is 2.49. The molecule has 0 aliphatic carbocycles. The minimum atomic E-state index is -0.338. The highest BCUT2D eigenvalue weighted by molar-refractivity contribution is 6.17.